The van der Waals surface area contributed by atoms with Gasteiger partial charge in [0.25, 0.3) is 0 Å². The molecule has 0 saturated heterocycles. The number of hydrogen-bond acceptors (Lipinski definition) is 3. The molecule has 0 aliphatic carbocycles. The lowest BCUT2D eigenvalue weighted by Gasteiger charge is -2.28. The second-order valence-electron chi connectivity index (χ2n) is 14.1. The van der Waals surface area contributed by atoms with E-state index in [1.54, 1.807) is 0 Å². The minimum absolute atomic E-state index is 0.888. The van der Waals surface area contributed by atoms with E-state index in [1.807, 2.05) is 24.3 Å². The van der Waals surface area contributed by atoms with E-state index in [1.165, 1.54) is 21.9 Å². The van der Waals surface area contributed by atoms with Crippen LogP contribution in [0, 0.1) is 0 Å². The van der Waals surface area contributed by atoms with Crippen molar-refractivity contribution in [1.82, 2.24) is 0 Å². The maximum absolute atomic E-state index is 6.57. The zero-order valence-corrected chi connectivity index (χ0v) is 29.8. The number of nitrogens with zero attached hydrogens (tertiary/aromatic N) is 1. The maximum atomic E-state index is 6.57. The minimum atomic E-state index is 0.888. The average molecular weight is 704 g/mol. The molecule has 3 heteroatoms. The first-order valence-electron chi connectivity index (χ1n) is 18.7. The van der Waals surface area contributed by atoms with E-state index in [2.05, 4.69) is 181 Å². The molecular weight excluding hydrogens is 671 g/mol. The summed E-state index contributed by atoms with van der Waals surface area (Å²) in [5.41, 5.74) is 13.5. The molecule has 0 aliphatic rings. The van der Waals surface area contributed by atoms with Gasteiger partial charge in [0, 0.05) is 44.0 Å². The average Bonchev–Trinajstić information content (AvgIpc) is 3.83. The molecule has 3 nitrogen and oxygen atoms in total. The zero-order chi connectivity index (χ0) is 36.3. The first-order valence-corrected chi connectivity index (χ1v) is 18.7. The summed E-state index contributed by atoms with van der Waals surface area (Å²) in [7, 11) is 0. The molecule has 0 atom stereocenters. The lowest BCUT2D eigenvalue weighted by atomic mass is 9.97. The normalized spacial score (nSPS) is 11.6. The van der Waals surface area contributed by atoms with Crippen molar-refractivity contribution in [1.29, 1.82) is 0 Å². The van der Waals surface area contributed by atoms with E-state index >= 15 is 0 Å². The van der Waals surface area contributed by atoms with Crippen LogP contribution in [-0.2, 0) is 0 Å². The number of fused-ring (bicyclic) bond motifs is 7. The number of anilines is 3. The molecule has 0 aliphatic heterocycles. The molecular formula is C52H33NO2. The summed E-state index contributed by atoms with van der Waals surface area (Å²) in [4.78, 5) is 2.36. The second kappa shape index (κ2) is 12.6. The van der Waals surface area contributed by atoms with Crippen molar-refractivity contribution in [3.05, 3.63) is 200 Å². The van der Waals surface area contributed by atoms with Gasteiger partial charge in [-0.1, -0.05) is 146 Å². The van der Waals surface area contributed by atoms with Crippen molar-refractivity contribution in [2.75, 3.05) is 4.90 Å². The van der Waals surface area contributed by atoms with Crippen LogP contribution in [0.15, 0.2) is 209 Å². The fraction of sp³-hybridized carbons (Fsp3) is 0. The third-order valence-corrected chi connectivity index (χ3v) is 10.9. The predicted octanol–water partition coefficient (Wildman–Crippen LogP) is 15.1. The highest BCUT2D eigenvalue weighted by Gasteiger charge is 2.21. The fourth-order valence-corrected chi connectivity index (χ4v) is 8.26. The largest absolute Gasteiger partial charge is 0.456 e. The number of hydrogen-bond donors (Lipinski definition) is 0. The molecule has 11 rings (SSSR count). The van der Waals surface area contributed by atoms with E-state index in [0.717, 1.165) is 83.2 Å². The van der Waals surface area contributed by atoms with Crippen molar-refractivity contribution in [3.63, 3.8) is 0 Å². The molecule has 0 fully saturated rings. The Morgan fingerprint density at radius 3 is 1.64 bits per heavy atom. The first kappa shape index (κ1) is 31.2. The highest BCUT2D eigenvalue weighted by molar-refractivity contribution is 6.11. The Labute approximate surface area is 317 Å². The third-order valence-electron chi connectivity index (χ3n) is 10.9. The Balaban J connectivity index is 1.05. The Hall–Kier alpha value is -7.36. The van der Waals surface area contributed by atoms with Crippen LogP contribution >= 0.6 is 0 Å². The van der Waals surface area contributed by atoms with Crippen LogP contribution in [0.25, 0.3) is 88.0 Å². The first-order chi connectivity index (χ1) is 27.3. The van der Waals surface area contributed by atoms with Crippen molar-refractivity contribution in [3.8, 4) is 33.4 Å². The maximum Gasteiger partial charge on any atom is 0.143 e. The Kier molecular flexibility index (Phi) is 7.17. The molecule has 258 valence electrons. The Bertz CT molecular complexity index is 3200. The van der Waals surface area contributed by atoms with E-state index < -0.39 is 0 Å². The van der Waals surface area contributed by atoms with E-state index in [-0.39, 0.29) is 0 Å². The highest BCUT2D eigenvalue weighted by atomic mass is 16.3. The summed E-state index contributed by atoms with van der Waals surface area (Å²) in [5.74, 6) is 0. The third kappa shape index (κ3) is 5.20. The van der Waals surface area contributed by atoms with Crippen LogP contribution in [0.5, 0.6) is 0 Å². The quantitative estimate of drug-likeness (QED) is 0.173. The summed E-state index contributed by atoms with van der Waals surface area (Å²) in [6, 6.07) is 71.0. The predicted molar refractivity (Wildman–Crippen MR) is 229 cm³/mol. The Morgan fingerprint density at radius 2 is 0.836 bits per heavy atom. The number of rotatable bonds is 6. The van der Waals surface area contributed by atoms with Gasteiger partial charge in [0.2, 0.25) is 0 Å². The Morgan fingerprint density at radius 1 is 0.309 bits per heavy atom. The molecule has 2 heterocycles. The van der Waals surface area contributed by atoms with Gasteiger partial charge in [-0.25, -0.2) is 0 Å². The number of furan rings is 2. The summed E-state index contributed by atoms with van der Waals surface area (Å²) < 4.78 is 12.8. The van der Waals surface area contributed by atoms with Crippen LogP contribution in [0.4, 0.5) is 17.1 Å². The zero-order valence-electron chi connectivity index (χ0n) is 29.8. The van der Waals surface area contributed by atoms with Crippen LogP contribution in [0.3, 0.4) is 0 Å². The van der Waals surface area contributed by atoms with Gasteiger partial charge in [-0.15, -0.1) is 0 Å². The van der Waals surface area contributed by atoms with Crippen LogP contribution in [0.2, 0.25) is 0 Å². The van der Waals surface area contributed by atoms with Crippen molar-refractivity contribution >= 4 is 71.7 Å². The molecule has 55 heavy (non-hydrogen) atoms. The smallest absolute Gasteiger partial charge is 0.143 e. The lowest BCUT2D eigenvalue weighted by molar-refractivity contribution is 0.669. The molecule has 11 aromatic rings. The van der Waals surface area contributed by atoms with Crippen LogP contribution in [-0.4, -0.2) is 0 Å². The standard InChI is InChI=1S/C52H33NO2/c1-2-13-40-35(11-1)12-9-17-41(40)36-25-30-39(31-26-36)53(38-28-23-34(24-29-38)37-27-32-45-43-15-4-7-21-49(43)54-51(45)33-37)48-20-6-3-14-42(48)46-18-10-19-47-44-16-5-8-22-50(44)55-52(46)47/h1-33H. The van der Waals surface area contributed by atoms with E-state index in [0.29, 0.717) is 0 Å². The monoisotopic (exact) mass is 703 g/mol. The topological polar surface area (TPSA) is 29.5 Å². The summed E-state index contributed by atoms with van der Waals surface area (Å²) >= 11 is 0. The molecule has 9 aromatic carbocycles. The summed E-state index contributed by atoms with van der Waals surface area (Å²) in [6.07, 6.45) is 0. The van der Waals surface area contributed by atoms with Gasteiger partial charge in [-0.05, 0) is 87.6 Å². The molecule has 0 unspecified atom stereocenters. The van der Waals surface area contributed by atoms with Gasteiger partial charge in [-0.3, -0.25) is 0 Å². The SMILES string of the molecule is c1ccc(N(c2ccc(-c3ccc4c(c3)oc3ccccc34)cc2)c2ccc(-c3cccc4ccccc34)cc2)c(-c2cccc3c2oc2ccccc23)c1. The molecule has 2 aromatic heterocycles. The van der Waals surface area contributed by atoms with Crippen LogP contribution < -0.4 is 4.90 Å². The number of benzene rings is 9. The minimum Gasteiger partial charge on any atom is -0.456 e. The molecule has 0 bridgehead atoms. The van der Waals surface area contributed by atoms with Gasteiger partial charge in [0.1, 0.15) is 22.3 Å². The van der Waals surface area contributed by atoms with Crippen LogP contribution in [0.1, 0.15) is 0 Å². The molecule has 0 radical (unpaired) electrons. The van der Waals surface area contributed by atoms with E-state index in [9.17, 15) is 0 Å². The summed E-state index contributed by atoms with van der Waals surface area (Å²) in [6.45, 7) is 0. The lowest BCUT2D eigenvalue weighted by Crippen LogP contribution is -2.11. The van der Waals surface area contributed by atoms with E-state index in [4.69, 9.17) is 8.83 Å². The van der Waals surface area contributed by atoms with Gasteiger partial charge in [0.05, 0.1) is 5.69 Å². The molecule has 0 spiro atoms. The summed E-state index contributed by atoms with van der Waals surface area (Å²) in [5, 5.41) is 6.98. The second-order valence-corrected chi connectivity index (χ2v) is 14.1. The molecule has 0 saturated carbocycles. The van der Waals surface area contributed by atoms with Gasteiger partial charge < -0.3 is 13.7 Å². The van der Waals surface area contributed by atoms with Gasteiger partial charge >= 0.3 is 0 Å². The fourth-order valence-electron chi connectivity index (χ4n) is 8.26. The molecule has 0 amide bonds. The van der Waals surface area contributed by atoms with Crippen molar-refractivity contribution in [2.24, 2.45) is 0 Å². The van der Waals surface area contributed by atoms with Crippen molar-refractivity contribution < 1.29 is 8.83 Å². The van der Waals surface area contributed by atoms with Gasteiger partial charge in [-0.2, -0.15) is 0 Å². The van der Waals surface area contributed by atoms with Gasteiger partial charge in [0.15, 0.2) is 0 Å². The highest BCUT2D eigenvalue weighted by Crippen LogP contribution is 2.45. The van der Waals surface area contributed by atoms with Crippen molar-refractivity contribution in [2.45, 2.75) is 0 Å². The number of para-hydroxylation sites is 4. The molecule has 0 N–H and O–H groups in total.